The molecule has 0 heterocycles. The van der Waals surface area contributed by atoms with Crippen LogP contribution in [0.15, 0.2) is 0 Å². The summed E-state index contributed by atoms with van der Waals surface area (Å²) in [7, 11) is 0. The van der Waals surface area contributed by atoms with E-state index in [-0.39, 0.29) is 5.92 Å². The van der Waals surface area contributed by atoms with Crippen molar-refractivity contribution in [1.29, 1.82) is 0 Å². The highest BCUT2D eigenvalue weighted by Gasteiger charge is 2.31. The molecule has 3 amide bonds. The number of aliphatic carboxylic acids is 1. The molecule has 11 heteroatoms. The molecular weight excluding hydrogens is 400 g/mol. The van der Waals surface area contributed by atoms with Crippen molar-refractivity contribution in [2.45, 2.75) is 70.8 Å². The van der Waals surface area contributed by atoms with E-state index < -0.39 is 54.0 Å². The maximum atomic E-state index is 12.7. The standard InChI is InChI=1S/C18H34N4O6S/c1-9(2)8-12(19)15(24)21-13(6-7-29-5)16(25)22-14(11(4)23)17(26)20-10(3)18(27)28/h9-14,23H,6-8,19H2,1-5H3,(H,20,26)(H,21,24)(H,22,25)(H,27,28). The topological polar surface area (TPSA) is 171 Å². The molecule has 0 saturated carbocycles. The zero-order valence-corrected chi connectivity index (χ0v) is 18.4. The average Bonchev–Trinajstić information content (AvgIpc) is 2.61. The lowest BCUT2D eigenvalue weighted by atomic mass is 10.0. The van der Waals surface area contributed by atoms with E-state index in [1.807, 2.05) is 20.1 Å². The van der Waals surface area contributed by atoms with E-state index in [0.29, 0.717) is 18.6 Å². The zero-order valence-electron chi connectivity index (χ0n) is 17.6. The van der Waals surface area contributed by atoms with Gasteiger partial charge in [0.1, 0.15) is 18.1 Å². The van der Waals surface area contributed by atoms with Crippen molar-refractivity contribution in [3.8, 4) is 0 Å². The summed E-state index contributed by atoms with van der Waals surface area (Å²) in [4.78, 5) is 48.2. The fourth-order valence-corrected chi connectivity index (χ4v) is 2.89. The van der Waals surface area contributed by atoms with Crippen LogP contribution in [0.3, 0.4) is 0 Å². The normalized spacial score (nSPS) is 16.3. The van der Waals surface area contributed by atoms with Gasteiger partial charge in [-0.05, 0) is 44.6 Å². The van der Waals surface area contributed by atoms with Crippen LogP contribution in [0.2, 0.25) is 0 Å². The number of hydrogen-bond donors (Lipinski definition) is 6. The molecule has 10 nitrogen and oxygen atoms in total. The van der Waals surface area contributed by atoms with Crippen molar-refractivity contribution in [2.75, 3.05) is 12.0 Å². The zero-order chi connectivity index (χ0) is 22.7. The summed E-state index contributed by atoms with van der Waals surface area (Å²) in [5, 5.41) is 26.0. The van der Waals surface area contributed by atoms with Gasteiger partial charge >= 0.3 is 5.97 Å². The van der Waals surface area contributed by atoms with Gasteiger partial charge in [-0.2, -0.15) is 11.8 Å². The number of aliphatic hydroxyl groups is 1. The smallest absolute Gasteiger partial charge is 0.325 e. The Morgan fingerprint density at radius 2 is 1.55 bits per heavy atom. The first kappa shape index (κ1) is 27.1. The number of carbonyl (C=O) groups is 4. The lowest BCUT2D eigenvalue weighted by molar-refractivity contribution is -0.142. The fraction of sp³-hybridized carbons (Fsp3) is 0.778. The largest absolute Gasteiger partial charge is 0.480 e. The number of carboxylic acids is 1. The van der Waals surface area contributed by atoms with Crippen LogP contribution in [0.1, 0.15) is 40.5 Å². The molecule has 0 aliphatic heterocycles. The monoisotopic (exact) mass is 434 g/mol. The summed E-state index contributed by atoms with van der Waals surface area (Å²) in [6.45, 7) is 6.41. The Balaban J connectivity index is 5.21. The van der Waals surface area contributed by atoms with Gasteiger partial charge in [0.2, 0.25) is 17.7 Å². The van der Waals surface area contributed by atoms with E-state index >= 15 is 0 Å². The quantitative estimate of drug-likeness (QED) is 0.215. The van der Waals surface area contributed by atoms with Gasteiger partial charge in [-0.25, -0.2) is 0 Å². The van der Waals surface area contributed by atoms with Crippen molar-refractivity contribution in [3.63, 3.8) is 0 Å². The molecule has 0 aliphatic carbocycles. The predicted octanol–water partition coefficient (Wildman–Crippen LogP) is -0.947. The lowest BCUT2D eigenvalue weighted by Gasteiger charge is -2.26. The molecule has 0 aromatic rings. The second kappa shape index (κ2) is 13.4. The minimum atomic E-state index is -1.37. The molecule has 0 rings (SSSR count). The minimum absolute atomic E-state index is 0.203. The lowest BCUT2D eigenvalue weighted by Crippen LogP contribution is -2.59. The Morgan fingerprint density at radius 3 is 2.00 bits per heavy atom. The molecule has 0 aromatic carbocycles. The van der Waals surface area contributed by atoms with E-state index in [4.69, 9.17) is 10.8 Å². The second-order valence-corrected chi connectivity index (χ2v) is 8.36. The van der Waals surface area contributed by atoms with Crippen LogP contribution in [-0.2, 0) is 19.2 Å². The fourth-order valence-electron chi connectivity index (χ4n) is 2.42. The van der Waals surface area contributed by atoms with Gasteiger partial charge in [-0.3, -0.25) is 19.2 Å². The van der Waals surface area contributed by atoms with Gasteiger partial charge in [-0.15, -0.1) is 0 Å². The average molecular weight is 435 g/mol. The Kier molecular flexibility index (Phi) is 12.5. The van der Waals surface area contributed by atoms with Crippen LogP contribution < -0.4 is 21.7 Å². The molecule has 0 aromatic heterocycles. The van der Waals surface area contributed by atoms with E-state index in [9.17, 15) is 24.3 Å². The van der Waals surface area contributed by atoms with Gasteiger partial charge in [0, 0.05) is 0 Å². The summed E-state index contributed by atoms with van der Waals surface area (Å²) in [6.07, 6.45) is 1.32. The molecule has 0 aliphatic rings. The van der Waals surface area contributed by atoms with E-state index in [1.165, 1.54) is 25.6 Å². The maximum absolute atomic E-state index is 12.7. The van der Waals surface area contributed by atoms with Crippen LogP contribution in [0.25, 0.3) is 0 Å². The molecular formula is C18H34N4O6S. The Labute approximate surface area is 175 Å². The van der Waals surface area contributed by atoms with Crippen LogP contribution in [0.4, 0.5) is 0 Å². The number of amides is 3. The first-order chi connectivity index (χ1) is 13.4. The van der Waals surface area contributed by atoms with Crippen LogP contribution in [0.5, 0.6) is 0 Å². The SMILES string of the molecule is CSCCC(NC(=O)C(N)CC(C)C)C(=O)NC(C(=O)NC(C)C(=O)O)C(C)O. The van der Waals surface area contributed by atoms with Gasteiger partial charge in [-0.1, -0.05) is 13.8 Å². The predicted molar refractivity (Wildman–Crippen MR) is 111 cm³/mol. The molecule has 0 saturated heterocycles. The van der Waals surface area contributed by atoms with Crippen molar-refractivity contribution in [3.05, 3.63) is 0 Å². The molecule has 5 unspecified atom stereocenters. The Hall–Kier alpha value is -1.85. The third kappa shape index (κ3) is 10.5. The Bertz CT molecular complexity index is 573. The molecule has 5 atom stereocenters. The minimum Gasteiger partial charge on any atom is -0.480 e. The second-order valence-electron chi connectivity index (χ2n) is 7.37. The van der Waals surface area contributed by atoms with E-state index in [0.717, 1.165) is 0 Å². The number of rotatable bonds is 13. The molecule has 0 spiro atoms. The molecule has 7 N–H and O–H groups in total. The number of nitrogens with one attached hydrogen (secondary N) is 3. The van der Waals surface area contributed by atoms with E-state index in [2.05, 4.69) is 16.0 Å². The summed E-state index contributed by atoms with van der Waals surface area (Å²) in [5.41, 5.74) is 5.87. The van der Waals surface area contributed by atoms with Gasteiger partial charge in [0.15, 0.2) is 0 Å². The summed E-state index contributed by atoms with van der Waals surface area (Å²) in [5.74, 6) is -2.45. The highest BCUT2D eigenvalue weighted by Crippen LogP contribution is 2.06. The van der Waals surface area contributed by atoms with Gasteiger partial charge in [0.25, 0.3) is 0 Å². The van der Waals surface area contributed by atoms with Gasteiger partial charge in [0.05, 0.1) is 12.1 Å². The maximum Gasteiger partial charge on any atom is 0.325 e. The third-order valence-corrected chi connectivity index (χ3v) is 4.74. The number of carboxylic acid groups (broad SMARTS) is 1. The summed E-state index contributed by atoms with van der Waals surface area (Å²) >= 11 is 1.48. The summed E-state index contributed by atoms with van der Waals surface area (Å²) in [6, 6.07) is -4.28. The highest BCUT2D eigenvalue weighted by atomic mass is 32.2. The van der Waals surface area contributed by atoms with Gasteiger partial charge < -0.3 is 31.9 Å². The molecule has 0 radical (unpaired) electrons. The Morgan fingerprint density at radius 1 is 0.966 bits per heavy atom. The van der Waals surface area contributed by atoms with Crippen molar-refractivity contribution in [2.24, 2.45) is 11.7 Å². The van der Waals surface area contributed by atoms with Crippen LogP contribution in [0, 0.1) is 5.92 Å². The molecule has 0 fully saturated rings. The van der Waals surface area contributed by atoms with Crippen molar-refractivity contribution >= 4 is 35.5 Å². The number of hydrogen-bond acceptors (Lipinski definition) is 7. The number of nitrogens with two attached hydrogens (primary N) is 1. The number of aliphatic hydroxyl groups excluding tert-OH is 1. The van der Waals surface area contributed by atoms with Crippen LogP contribution >= 0.6 is 11.8 Å². The van der Waals surface area contributed by atoms with E-state index in [1.54, 1.807) is 0 Å². The molecule has 0 bridgehead atoms. The molecule has 168 valence electrons. The van der Waals surface area contributed by atoms with Crippen LogP contribution in [-0.4, -0.2) is 76.2 Å². The number of thioether (sulfide) groups is 1. The van der Waals surface area contributed by atoms with Crippen molar-refractivity contribution < 1.29 is 29.4 Å². The molecule has 29 heavy (non-hydrogen) atoms. The van der Waals surface area contributed by atoms with Crippen molar-refractivity contribution in [1.82, 2.24) is 16.0 Å². The first-order valence-corrected chi connectivity index (χ1v) is 10.9. The summed E-state index contributed by atoms with van der Waals surface area (Å²) < 4.78 is 0. The first-order valence-electron chi connectivity index (χ1n) is 9.47. The third-order valence-electron chi connectivity index (χ3n) is 4.10. The number of carbonyl (C=O) groups excluding carboxylic acids is 3. The highest BCUT2D eigenvalue weighted by molar-refractivity contribution is 7.98.